The van der Waals surface area contributed by atoms with Gasteiger partial charge in [0.25, 0.3) is 0 Å². The van der Waals surface area contributed by atoms with E-state index >= 15 is 0 Å². The van der Waals surface area contributed by atoms with Gasteiger partial charge in [-0.25, -0.2) is 21.9 Å². The number of rotatable bonds is 5. The number of hydrogen-bond donors (Lipinski definition) is 2. The summed E-state index contributed by atoms with van der Waals surface area (Å²) in [5.41, 5.74) is 1.68. The predicted octanol–water partition coefficient (Wildman–Crippen LogP) is 2.24. The Morgan fingerprint density at radius 2 is 2.00 bits per heavy atom. The number of aryl methyl sites for hydroxylation is 1. The van der Waals surface area contributed by atoms with Crippen LogP contribution in [0.5, 0.6) is 0 Å². The van der Waals surface area contributed by atoms with E-state index < -0.39 is 21.7 Å². The maximum Gasteiger partial charge on any atom is 0.211 e. The number of sulfonamides is 1. The van der Waals surface area contributed by atoms with E-state index in [1.165, 1.54) is 6.07 Å². The Labute approximate surface area is 116 Å². The summed E-state index contributed by atoms with van der Waals surface area (Å²) in [4.78, 5) is 2.87. The largest absolute Gasteiger partial charge is 0.356 e. The molecule has 0 amide bonds. The monoisotopic (exact) mass is 302 g/mol. The van der Waals surface area contributed by atoms with Crippen molar-refractivity contribution in [2.45, 2.75) is 20.3 Å². The van der Waals surface area contributed by atoms with Crippen LogP contribution in [0.15, 0.2) is 12.1 Å². The summed E-state index contributed by atoms with van der Waals surface area (Å²) in [6, 6.07) is 2.08. The molecule has 1 heterocycles. The van der Waals surface area contributed by atoms with Crippen LogP contribution in [-0.4, -0.2) is 25.7 Å². The lowest BCUT2D eigenvalue weighted by molar-refractivity contribution is 0.582. The normalized spacial score (nSPS) is 12.2. The SMILES string of the molecule is CCS(=O)(=O)NCCc1c(C)[nH]c2c(F)cc(F)cc12. The van der Waals surface area contributed by atoms with Crippen LogP contribution in [0.2, 0.25) is 0 Å². The van der Waals surface area contributed by atoms with E-state index in [4.69, 9.17) is 0 Å². The van der Waals surface area contributed by atoms with Gasteiger partial charge in [0.2, 0.25) is 10.0 Å². The summed E-state index contributed by atoms with van der Waals surface area (Å²) in [5, 5.41) is 0.454. The first-order valence-electron chi connectivity index (χ1n) is 6.27. The summed E-state index contributed by atoms with van der Waals surface area (Å²) in [5.74, 6) is -1.30. The Balaban J connectivity index is 2.28. The van der Waals surface area contributed by atoms with Gasteiger partial charge in [-0.15, -0.1) is 0 Å². The van der Waals surface area contributed by atoms with Crippen molar-refractivity contribution in [2.75, 3.05) is 12.3 Å². The van der Waals surface area contributed by atoms with Crippen molar-refractivity contribution in [1.82, 2.24) is 9.71 Å². The number of nitrogens with one attached hydrogen (secondary N) is 2. The molecule has 0 unspecified atom stereocenters. The molecule has 0 radical (unpaired) electrons. The highest BCUT2D eigenvalue weighted by Gasteiger charge is 2.14. The van der Waals surface area contributed by atoms with Crippen LogP contribution >= 0.6 is 0 Å². The molecule has 20 heavy (non-hydrogen) atoms. The van der Waals surface area contributed by atoms with E-state index in [0.29, 0.717) is 17.5 Å². The third kappa shape index (κ3) is 2.99. The molecule has 0 bridgehead atoms. The lowest BCUT2D eigenvalue weighted by Crippen LogP contribution is -2.27. The molecule has 7 heteroatoms. The fourth-order valence-electron chi connectivity index (χ4n) is 2.16. The average molecular weight is 302 g/mol. The molecule has 2 N–H and O–H groups in total. The first kappa shape index (κ1) is 14.9. The molecule has 0 atom stereocenters. The van der Waals surface area contributed by atoms with Crippen LogP contribution in [0.1, 0.15) is 18.2 Å². The van der Waals surface area contributed by atoms with Gasteiger partial charge in [0.05, 0.1) is 11.3 Å². The molecule has 1 aromatic heterocycles. The number of aromatic amines is 1. The van der Waals surface area contributed by atoms with E-state index in [-0.39, 0.29) is 17.8 Å². The molecular formula is C13H16F2N2O2S. The van der Waals surface area contributed by atoms with Crippen molar-refractivity contribution in [1.29, 1.82) is 0 Å². The molecule has 0 aliphatic carbocycles. The zero-order valence-electron chi connectivity index (χ0n) is 11.3. The predicted molar refractivity (Wildman–Crippen MR) is 74.1 cm³/mol. The average Bonchev–Trinajstić information content (AvgIpc) is 2.67. The highest BCUT2D eigenvalue weighted by atomic mass is 32.2. The topological polar surface area (TPSA) is 62.0 Å². The van der Waals surface area contributed by atoms with Gasteiger partial charge in [-0.3, -0.25) is 0 Å². The second kappa shape index (κ2) is 5.49. The van der Waals surface area contributed by atoms with Crippen LogP contribution in [-0.2, 0) is 16.4 Å². The second-order valence-electron chi connectivity index (χ2n) is 4.59. The molecular weight excluding hydrogens is 286 g/mol. The second-order valence-corrected chi connectivity index (χ2v) is 6.68. The van der Waals surface area contributed by atoms with Crippen LogP contribution in [0, 0.1) is 18.6 Å². The Morgan fingerprint density at radius 3 is 2.65 bits per heavy atom. The van der Waals surface area contributed by atoms with Gasteiger partial charge in [-0.05, 0) is 31.9 Å². The van der Waals surface area contributed by atoms with Gasteiger partial charge in [0, 0.05) is 23.7 Å². The van der Waals surface area contributed by atoms with Crippen LogP contribution in [0.3, 0.4) is 0 Å². The van der Waals surface area contributed by atoms with E-state index in [2.05, 4.69) is 9.71 Å². The molecule has 0 saturated carbocycles. The number of fused-ring (bicyclic) bond motifs is 1. The number of H-pyrrole nitrogens is 1. The quantitative estimate of drug-likeness (QED) is 0.890. The number of hydrogen-bond acceptors (Lipinski definition) is 2. The van der Waals surface area contributed by atoms with Gasteiger partial charge in [0.15, 0.2) is 0 Å². The van der Waals surface area contributed by atoms with E-state index in [9.17, 15) is 17.2 Å². The molecule has 4 nitrogen and oxygen atoms in total. The summed E-state index contributed by atoms with van der Waals surface area (Å²) < 4.78 is 52.0. The molecule has 0 aliphatic heterocycles. The van der Waals surface area contributed by atoms with Crippen molar-refractivity contribution >= 4 is 20.9 Å². The molecule has 0 fully saturated rings. The van der Waals surface area contributed by atoms with Gasteiger partial charge in [-0.2, -0.15) is 0 Å². The maximum atomic E-state index is 13.6. The molecule has 1 aromatic carbocycles. The van der Waals surface area contributed by atoms with Gasteiger partial charge < -0.3 is 4.98 Å². The lowest BCUT2D eigenvalue weighted by Gasteiger charge is -2.05. The minimum absolute atomic E-state index is 0.00310. The third-order valence-corrected chi connectivity index (χ3v) is 4.63. The Kier molecular flexibility index (Phi) is 4.10. The molecule has 2 rings (SSSR count). The van der Waals surface area contributed by atoms with Gasteiger partial charge in [-0.1, -0.05) is 0 Å². The van der Waals surface area contributed by atoms with Crippen molar-refractivity contribution < 1.29 is 17.2 Å². The first-order valence-corrected chi connectivity index (χ1v) is 7.93. The third-order valence-electron chi connectivity index (χ3n) is 3.22. The molecule has 0 aliphatic rings. The van der Waals surface area contributed by atoms with Crippen molar-refractivity contribution in [2.24, 2.45) is 0 Å². The highest BCUT2D eigenvalue weighted by Crippen LogP contribution is 2.25. The zero-order valence-corrected chi connectivity index (χ0v) is 12.1. The summed E-state index contributed by atoms with van der Waals surface area (Å²) in [6.07, 6.45) is 0.369. The van der Waals surface area contributed by atoms with Crippen molar-refractivity contribution in [3.8, 4) is 0 Å². The summed E-state index contributed by atoms with van der Waals surface area (Å²) in [6.45, 7) is 3.49. The van der Waals surface area contributed by atoms with Crippen molar-refractivity contribution in [3.05, 3.63) is 35.0 Å². The van der Waals surface area contributed by atoms with E-state index in [0.717, 1.165) is 11.6 Å². The van der Waals surface area contributed by atoms with Gasteiger partial charge >= 0.3 is 0 Å². The minimum atomic E-state index is -3.26. The molecule has 2 aromatic rings. The fraction of sp³-hybridized carbons (Fsp3) is 0.385. The molecule has 110 valence electrons. The van der Waals surface area contributed by atoms with E-state index in [1.807, 2.05) is 0 Å². The minimum Gasteiger partial charge on any atom is -0.356 e. The zero-order chi connectivity index (χ0) is 14.9. The lowest BCUT2D eigenvalue weighted by atomic mass is 10.1. The van der Waals surface area contributed by atoms with Crippen LogP contribution < -0.4 is 4.72 Å². The highest BCUT2D eigenvalue weighted by molar-refractivity contribution is 7.89. The summed E-state index contributed by atoms with van der Waals surface area (Å²) in [7, 11) is -3.26. The number of halogens is 2. The maximum absolute atomic E-state index is 13.6. The van der Waals surface area contributed by atoms with Crippen LogP contribution in [0.4, 0.5) is 8.78 Å². The number of benzene rings is 1. The van der Waals surface area contributed by atoms with Gasteiger partial charge in [0.1, 0.15) is 11.6 Å². The number of aromatic nitrogens is 1. The smallest absolute Gasteiger partial charge is 0.211 e. The molecule has 0 saturated heterocycles. The molecule has 0 spiro atoms. The van der Waals surface area contributed by atoms with Crippen LogP contribution in [0.25, 0.3) is 10.9 Å². The Hall–Kier alpha value is -1.47. The summed E-state index contributed by atoms with van der Waals surface area (Å²) >= 11 is 0. The Morgan fingerprint density at radius 1 is 1.30 bits per heavy atom. The first-order chi connectivity index (χ1) is 9.34. The van der Waals surface area contributed by atoms with Crippen molar-refractivity contribution in [3.63, 3.8) is 0 Å². The Bertz CT molecular complexity index is 738. The standard InChI is InChI=1S/C13H16F2N2O2S/c1-3-20(18,19)16-5-4-10-8(2)17-13-11(10)6-9(14)7-12(13)15/h6-7,16-17H,3-5H2,1-2H3. The van der Waals surface area contributed by atoms with E-state index in [1.54, 1.807) is 13.8 Å². The fourth-order valence-corrected chi connectivity index (χ4v) is 2.78.